The number of hydrogen-bond donors (Lipinski definition) is 0. The summed E-state index contributed by atoms with van der Waals surface area (Å²) in [5, 5.41) is 0. The highest BCUT2D eigenvalue weighted by Gasteiger charge is 2.30. The molecule has 0 aromatic heterocycles. The SMILES string of the molecule is CCCC1CCC(=O)C(CN(CC)C(C)COC)C1. The maximum atomic E-state index is 12.1. The van der Waals surface area contributed by atoms with Crippen LogP contribution in [0.1, 0.15) is 52.9 Å². The van der Waals surface area contributed by atoms with Gasteiger partial charge in [0.2, 0.25) is 0 Å². The van der Waals surface area contributed by atoms with Crippen LogP contribution < -0.4 is 0 Å². The van der Waals surface area contributed by atoms with Crippen LogP contribution in [0.25, 0.3) is 0 Å². The lowest BCUT2D eigenvalue weighted by atomic mass is 9.78. The van der Waals surface area contributed by atoms with Gasteiger partial charge in [-0.05, 0) is 32.2 Å². The van der Waals surface area contributed by atoms with Crippen molar-refractivity contribution in [3.63, 3.8) is 0 Å². The van der Waals surface area contributed by atoms with Gasteiger partial charge >= 0.3 is 0 Å². The van der Waals surface area contributed by atoms with Gasteiger partial charge in [-0.25, -0.2) is 0 Å². The fourth-order valence-electron chi connectivity index (χ4n) is 3.30. The molecule has 1 aliphatic rings. The van der Waals surface area contributed by atoms with Crippen LogP contribution >= 0.6 is 0 Å². The van der Waals surface area contributed by atoms with Gasteiger partial charge in [-0.15, -0.1) is 0 Å². The first-order valence-corrected chi connectivity index (χ1v) is 7.87. The van der Waals surface area contributed by atoms with Crippen molar-refractivity contribution in [2.24, 2.45) is 11.8 Å². The summed E-state index contributed by atoms with van der Waals surface area (Å²) in [4.78, 5) is 14.5. The Morgan fingerprint density at radius 2 is 2.16 bits per heavy atom. The molecule has 19 heavy (non-hydrogen) atoms. The van der Waals surface area contributed by atoms with Gasteiger partial charge in [0, 0.05) is 32.0 Å². The van der Waals surface area contributed by atoms with Crippen molar-refractivity contribution in [2.75, 3.05) is 26.8 Å². The van der Waals surface area contributed by atoms with Crippen LogP contribution in [0.15, 0.2) is 0 Å². The van der Waals surface area contributed by atoms with Crippen LogP contribution in [0.3, 0.4) is 0 Å². The minimum atomic E-state index is 0.254. The van der Waals surface area contributed by atoms with Gasteiger partial charge in [-0.2, -0.15) is 0 Å². The van der Waals surface area contributed by atoms with E-state index in [2.05, 4.69) is 25.7 Å². The van der Waals surface area contributed by atoms with Gasteiger partial charge < -0.3 is 4.74 Å². The van der Waals surface area contributed by atoms with Crippen molar-refractivity contribution < 1.29 is 9.53 Å². The minimum Gasteiger partial charge on any atom is -0.383 e. The number of ether oxygens (including phenoxy) is 1. The number of ketones is 1. The number of carbonyl (C=O) groups is 1. The number of rotatable bonds is 8. The standard InChI is InChI=1S/C16H31NO2/c1-5-7-14-8-9-16(18)15(10-14)11-17(6-2)13(3)12-19-4/h13-15H,5-12H2,1-4H3. The highest BCUT2D eigenvalue weighted by Crippen LogP contribution is 2.30. The highest BCUT2D eigenvalue weighted by molar-refractivity contribution is 5.81. The van der Waals surface area contributed by atoms with E-state index < -0.39 is 0 Å². The third kappa shape index (κ3) is 5.23. The molecule has 3 heteroatoms. The zero-order valence-electron chi connectivity index (χ0n) is 13.2. The Labute approximate surface area is 118 Å². The number of methoxy groups -OCH3 is 1. The van der Waals surface area contributed by atoms with Gasteiger partial charge in [-0.3, -0.25) is 9.69 Å². The molecule has 1 aliphatic carbocycles. The topological polar surface area (TPSA) is 29.5 Å². The predicted octanol–water partition coefficient (Wildman–Crippen LogP) is 3.13. The van der Waals surface area contributed by atoms with Crippen LogP contribution in [-0.4, -0.2) is 43.5 Å². The number of likely N-dealkylation sites (N-methyl/N-ethyl adjacent to an activating group) is 1. The Morgan fingerprint density at radius 3 is 2.74 bits per heavy atom. The molecule has 1 saturated carbocycles. The van der Waals surface area contributed by atoms with E-state index in [4.69, 9.17) is 4.74 Å². The molecule has 0 aromatic rings. The lowest BCUT2D eigenvalue weighted by molar-refractivity contribution is -0.126. The third-order valence-corrected chi connectivity index (χ3v) is 4.46. The summed E-state index contributed by atoms with van der Waals surface area (Å²) in [6, 6.07) is 0.398. The Hall–Kier alpha value is -0.410. The van der Waals surface area contributed by atoms with E-state index >= 15 is 0 Å². The summed E-state index contributed by atoms with van der Waals surface area (Å²) >= 11 is 0. The van der Waals surface area contributed by atoms with Gasteiger partial charge in [0.15, 0.2) is 0 Å². The van der Waals surface area contributed by atoms with Crippen LogP contribution in [0.2, 0.25) is 0 Å². The van der Waals surface area contributed by atoms with Crippen LogP contribution in [0, 0.1) is 11.8 Å². The molecule has 0 radical (unpaired) electrons. The Morgan fingerprint density at radius 1 is 1.42 bits per heavy atom. The Kier molecular flexibility index (Phi) is 7.62. The average Bonchev–Trinajstić information content (AvgIpc) is 2.39. The zero-order valence-corrected chi connectivity index (χ0v) is 13.2. The van der Waals surface area contributed by atoms with Gasteiger partial charge in [0.1, 0.15) is 5.78 Å². The fourth-order valence-corrected chi connectivity index (χ4v) is 3.30. The zero-order chi connectivity index (χ0) is 14.3. The van der Waals surface area contributed by atoms with Crippen molar-refractivity contribution in [2.45, 2.75) is 58.9 Å². The summed E-state index contributed by atoms with van der Waals surface area (Å²) in [7, 11) is 1.74. The summed E-state index contributed by atoms with van der Waals surface area (Å²) in [6.07, 6.45) is 5.53. The van der Waals surface area contributed by atoms with Gasteiger partial charge in [0.25, 0.3) is 0 Å². The predicted molar refractivity (Wildman–Crippen MR) is 79.3 cm³/mol. The molecule has 3 unspecified atom stereocenters. The van der Waals surface area contributed by atoms with Crippen molar-refractivity contribution in [1.82, 2.24) is 4.90 Å². The maximum absolute atomic E-state index is 12.1. The van der Waals surface area contributed by atoms with E-state index in [9.17, 15) is 4.79 Å². The molecule has 0 N–H and O–H groups in total. The second-order valence-corrected chi connectivity index (χ2v) is 5.98. The van der Waals surface area contributed by atoms with E-state index in [1.165, 1.54) is 12.8 Å². The second kappa shape index (κ2) is 8.70. The largest absolute Gasteiger partial charge is 0.383 e. The first-order valence-electron chi connectivity index (χ1n) is 7.87. The molecule has 1 fully saturated rings. The molecule has 112 valence electrons. The van der Waals surface area contributed by atoms with Crippen LogP contribution in [0.5, 0.6) is 0 Å². The number of Topliss-reactive ketones (excluding diaryl/α,β-unsaturated/α-hetero) is 1. The summed E-state index contributed by atoms with van der Waals surface area (Å²) < 4.78 is 5.24. The van der Waals surface area contributed by atoms with E-state index in [1.54, 1.807) is 7.11 Å². The van der Waals surface area contributed by atoms with E-state index in [0.29, 0.717) is 11.8 Å². The minimum absolute atomic E-state index is 0.254. The Bertz CT molecular complexity index is 267. The average molecular weight is 269 g/mol. The Balaban J connectivity index is 2.53. The second-order valence-electron chi connectivity index (χ2n) is 5.98. The van der Waals surface area contributed by atoms with E-state index in [-0.39, 0.29) is 5.92 Å². The molecule has 0 aromatic carbocycles. The normalized spacial score (nSPS) is 25.8. The summed E-state index contributed by atoms with van der Waals surface area (Å²) in [5.41, 5.74) is 0. The molecule has 1 rings (SSSR count). The first kappa shape index (κ1) is 16.6. The van der Waals surface area contributed by atoms with Gasteiger partial charge in [0.05, 0.1) is 6.61 Å². The van der Waals surface area contributed by atoms with Crippen molar-refractivity contribution in [3.05, 3.63) is 0 Å². The van der Waals surface area contributed by atoms with Crippen LogP contribution in [-0.2, 0) is 9.53 Å². The molecule has 0 aliphatic heterocycles. The van der Waals surface area contributed by atoms with Crippen molar-refractivity contribution in [3.8, 4) is 0 Å². The maximum Gasteiger partial charge on any atom is 0.137 e. The monoisotopic (exact) mass is 269 g/mol. The summed E-state index contributed by atoms with van der Waals surface area (Å²) in [6.45, 7) is 9.25. The smallest absolute Gasteiger partial charge is 0.137 e. The fraction of sp³-hybridized carbons (Fsp3) is 0.938. The third-order valence-electron chi connectivity index (χ3n) is 4.46. The van der Waals surface area contributed by atoms with Crippen molar-refractivity contribution >= 4 is 5.78 Å². The summed E-state index contributed by atoms with van der Waals surface area (Å²) in [5.74, 6) is 1.50. The number of hydrogen-bond acceptors (Lipinski definition) is 3. The first-order chi connectivity index (χ1) is 9.12. The highest BCUT2D eigenvalue weighted by atomic mass is 16.5. The van der Waals surface area contributed by atoms with Gasteiger partial charge in [-0.1, -0.05) is 26.7 Å². The quantitative estimate of drug-likeness (QED) is 0.678. The lowest BCUT2D eigenvalue weighted by Crippen LogP contribution is -2.42. The number of carbonyl (C=O) groups excluding carboxylic acids is 1. The molecule has 3 nitrogen and oxygen atoms in total. The molecule has 0 spiro atoms. The molecular formula is C16H31NO2. The van der Waals surface area contributed by atoms with Crippen molar-refractivity contribution in [1.29, 1.82) is 0 Å². The van der Waals surface area contributed by atoms with E-state index in [1.807, 2.05) is 0 Å². The molecule has 0 amide bonds. The van der Waals surface area contributed by atoms with Crippen LogP contribution in [0.4, 0.5) is 0 Å². The molecular weight excluding hydrogens is 238 g/mol. The van der Waals surface area contributed by atoms with E-state index in [0.717, 1.165) is 44.9 Å². The lowest BCUT2D eigenvalue weighted by Gasteiger charge is -2.34. The molecule has 0 saturated heterocycles. The number of nitrogens with zero attached hydrogens (tertiary/aromatic N) is 1. The molecule has 0 heterocycles. The molecule has 0 bridgehead atoms. The molecule has 3 atom stereocenters.